The van der Waals surface area contributed by atoms with E-state index in [0.717, 1.165) is 6.54 Å². The summed E-state index contributed by atoms with van der Waals surface area (Å²) in [6.45, 7) is 2.91. The van der Waals surface area contributed by atoms with Crippen LogP contribution in [-0.2, 0) is 0 Å². The van der Waals surface area contributed by atoms with Gasteiger partial charge in [0, 0.05) is 11.8 Å². The lowest BCUT2D eigenvalue weighted by molar-refractivity contribution is 0.983. The second-order valence-corrected chi connectivity index (χ2v) is 4.10. The highest BCUT2D eigenvalue weighted by Gasteiger charge is 2.04. The Morgan fingerprint density at radius 3 is 3.14 bits per heavy atom. The van der Waals surface area contributed by atoms with Crippen LogP contribution in [0.5, 0.6) is 0 Å². The number of aromatic nitrogens is 2. The van der Waals surface area contributed by atoms with Crippen molar-refractivity contribution < 1.29 is 0 Å². The minimum atomic E-state index is 0.487. The summed E-state index contributed by atoms with van der Waals surface area (Å²) in [7, 11) is 0. The van der Waals surface area contributed by atoms with Crippen LogP contribution in [0.2, 0.25) is 0 Å². The Labute approximate surface area is 87.8 Å². The van der Waals surface area contributed by atoms with E-state index in [1.807, 2.05) is 6.07 Å². The number of thioether (sulfide) groups is 1. The number of anilines is 1. The first kappa shape index (κ1) is 10.8. The van der Waals surface area contributed by atoms with Crippen LogP contribution in [0.3, 0.4) is 0 Å². The maximum Gasteiger partial charge on any atom is 0.147 e. The number of hydrogen-bond acceptors (Lipinski definition) is 5. The Morgan fingerprint density at radius 2 is 2.50 bits per heavy atom. The third-order valence-corrected chi connectivity index (χ3v) is 2.76. The Hall–Kier alpha value is -1.28. The van der Waals surface area contributed by atoms with E-state index in [9.17, 15) is 0 Å². The molecule has 0 bridgehead atoms. The van der Waals surface area contributed by atoms with Crippen LogP contribution in [0.4, 0.5) is 5.82 Å². The summed E-state index contributed by atoms with van der Waals surface area (Å²) in [5, 5.41) is 12.4. The smallest absolute Gasteiger partial charge is 0.147 e. The number of nitrogens with one attached hydrogen (secondary N) is 1. The van der Waals surface area contributed by atoms with Crippen molar-refractivity contribution in [2.24, 2.45) is 0 Å². The molecular weight excluding hydrogens is 196 g/mol. The summed E-state index contributed by atoms with van der Waals surface area (Å²) in [6.07, 6.45) is 5.00. The molecule has 5 heteroatoms. The van der Waals surface area contributed by atoms with Crippen LogP contribution in [0.1, 0.15) is 12.5 Å². The van der Waals surface area contributed by atoms with E-state index in [1.54, 1.807) is 11.8 Å². The van der Waals surface area contributed by atoms with Gasteiger partial charge >= 0.3 is 0 Å². The van der Waals surface area contributed by atoms with Crippen molar-refractivity contribution in [2.75, 3.05) is 18.1 Å². The van der Waals surface area contributed by atoms with Gasteiger partial charge in [-0.05, 0) is 6.26 Å². The van der Waals surface area contributed by atoms with E-state index in [0.29, 0.717) is 16.6 Å². The van der Waals surface area contributed by atoms with Gasteiger partial charge in [0.2, 0.25) is 0 Å². The van der Waals surface area contributed by atoms with Crippen LogP contribution in [-0.4, -0.2) is 28.0 Å². The van der Waals surface area contributed by atoms with E-state index in [2.05, 4.69) is 28.5 Å². The lowest BCUT2D eigenvalue weighted by Crippen LogP contribution is -2.14. The van der Waals surface area contributed by atoms with E-state index in [1.165, 1.54) is 12.5 Å². The van der Waals surface area contributed by atoms with Crippen molar-refractivity contribution in [3.05, 3.63) is 18.1 Å². The fraction of sp³-hybridized carbons (Fsp3) is 0.444. The average molecular weight is 208 g/mol. The monoisotopic (exact) mass is 208 g/mol. The molecule has 14 heavy (non-hydrogen) atoms. The number of hydrogen-bond donors (Lipinski definition) is 1. The molecule has 1 aromatic heterocycles. The zero-order chi connectivity index (χ0) is 10.4. The first-order valence-corrected chi connectivity index (χ1v) is 5.53. The highest BCUT2D eigenvalue weighted by Crippen LogP contribution is 2.10. The third kappa shape index (κ3) is 2.89. The summed E-state index contributed by atoms with van der Waals surface area (Å²) in [6, 6.07) is 2.04. The molecule has 0 aliphatic rings. The van der Waals surface area contributed by atoms with Gasteiger partial charge in [-0.2, -0.15) is 17.0 Å². The first-order valence-electron chi connectivity index (χ1n) is 4.24. The topological polar surface area (TPSA) is 61.6 Å². The highest BCUT2D eigenvalue weighted by molar-refractivity contribution is 7.99. The molecule has 0 fully saturated rings. The van der Waals surface area contributed by atoms with Gasteiger partial charge in [0.1, 0.15) is 23.8 Å². The van der Waals surface area contributed by atoms with E-state index in [-0.39, 0.29) is 0 Å². The minimum absolute atomic E-state index is 0.487. The van der Waals surface area contributed by atoms with Gasteiger partial charge in [0.15, 0.2) is 0 Å². The van der Waals surface area contributed by atoms with E-state index < -0.39 is 0 Å². The summed E-state index contributed by atoms with van der Waals surface area (Å²) >= 11 is 1.77. The second kappa shape index (κ2) is 5.45. The van der Waals surface area contributed by atoms with Crippen LogP contribution < -0.4 is 5.32 Å². The van der Waals surface area contributed by atoms with Gasteiger partial charge in [0.05, 0.1) is 6.20 Å². The fourth-order valence-electron chi connectivity index (χ4n) is 0.876. The Morgan fingerprint density at radius 1 is 1.71 bits per heavy atom. The normalized spacial score (nSPS) is 11.8. The number of nitriles is 1. The molecule has 0 saturated heterocycles. The lowest BCUT2D eigenvalue weighted by Gasteiger charge is -2.10. The summed E-state index contributed by atoms with van der Waals surface area (Å²) in [5.74, 6) is 0.614. The van der Waals surface area contributed by atoms with Crippen LogP contribution >= 0.6 is 11.8 Å². The van der Waals surface area contributed by atoms with E-state index in [4.69, 9.17) is 5.26 Å². The third-order valence-electron chi connectivity index (χ3n) is 1.79. The predicted octanol–water partition coefficient (Wildman–Crippen LogP) is 1.51. The standard InChI is InChI=1S/C9H12N4S/c1-7(14-2)4-12-9-8(3-10)5-11-6-13-9/h5-7H,4H2,1-2H3,(H,11,12,13). The molecule has 0 amide bonds. The summed E-state index contributed by atoms with van der Waals surface area (Å²) in [5.41, 5.74) is 0.487. The first-order chi connectivity index (χ1) is 6.77. The molecule has 0 spiro atoms. The highest BCUT2D eigenvalue weighted by atomic mass is 32.2. The van der Waals surface area contributed by atoms with Gasteiger partial charge in [0.25, 0.3) is 0 Å². The summed E-state index contributed by atoms with van der Waals surface area (Å²) in [4.78, 5) is 7.79. The SMILES string of the molecule is CSC(C)CNc1ncncc1C#N. The fourth-order valence-corrected chi connectivity index (χ4v) is 1.13. The molecule has 0 aromatic carbocycles. The largest absolute Gasteiger partial charge is 0.368 e. The zero-order valence-electron chi connectivity index (χ0n) is 8.19. The minimum Gasteiger partial charge on any atom is -0.368 e. The molecule has 1 unspecified atom stereocenters. The molecule has 0 radical (unpaired) electrons. The van der Waals surface area contributed by atoms with Gasteiger partial charge < -0.3 is 5.32 Å². The van der Waals surface area contributed by atoms with Crippen molar-refractivity contribution in [1.29, 1.82) is 5.26 Å². The number of nitrogens with zero attached hydrogens (tertiary/aromatic N) is 3. The maximum atomic E-state index is 8.77. The van der Waals surface area contributed by atoms with Crippen molar-refractivity contribution in [3.63, 3.8) is 0 Å². The van der Waals surface area contributed by atoms with Crippen molar-refractivity contribution >= 4 is 17.6 Å². The molecule has 1 N–H and O–H groups in total. The van der Waals surface area contributed by atoms with Gasteiger partial charge in [-0.15, -0.1) is 0 Å². The van der Waals surface area contributed by atoms with Gasteiger partial charge in [-0.1, -0.05) is 6.92 Å². The Kier molecular flexibility index (Phi) is 4.20. The van der Waals surface area contributed by atoms with Crippen molar-refractivity contribution in [2.45, 2.75) is 12.2 Å². The zero-order valence-corrected chi connectivity index (χ0v) is 9.01. The Balaban J connectivity index is 2.63. The lowest BCUT2D eigenvalue weighted by atomic mass is 10.3. The van der Waals surface area contributed by atoms with E-state index >= 15 is 0 Å². The number of rotatable bonds is 4. The molecule has 4 nitrogen and oxygen atoms in total. The second-order valence-electron chi connectivity index (χ2n) is 2.82. The average Bonchev–Trinajstić information content (AvgIpc) is 2.26. The van der Waals surface area contributed by atoms with Crippen LogP contribution in [0.25, 0.3) is 0 Å². The molecule has 0 saturated carbocycles. The quantitative estimate of drug-likeness (QED) is 0.812. The molecule has 1 atom stereocenters. The predicted molar refractivity (Wildman–Crippen MR) is 58.2 cm³/mol. The van der Waals surface area contributed by atoms with Crippen molar-refractivity contribution in [3.8, 4) is 6.07 Å². The molecule has 0 aliphatic heterocycles. The maximum absolute atomic E-state index is 8.77. The van der Waals surface area contributed by atoms with Gasteiger partial charge in [-0.3, -0.25) is 0 Å². The van der Waals surface area contributed by atoms with Crippen LogP contribution in [0, 0.1) is 11.3 Å². The summed E-state index contributed by atoms with van der Waals surface area (Å²) < 4.78 is 0. The van der Waals surface area contributed by atoms with Crippen molar-refractivity contribution in [1.82, 2.24) is 9.97 Å². The molecule has 1 heterocycles. The molecule has 1 rings (SSSR count). The Bertz CT molecular complexity index is 334. The van der Waals surface area contributed by atoms with Gasteiger partial charge in [-0.25, -0.2) is 9.97 Å². The molecule has 0 aliphatic carbocycles. The van der Waals surface area contributed by atoms with Crippen LogP contribution in [0.15, 0.2) is 12.5 Å². The molecule has 1 aromatic rings. The molecular formula is C9H12N4S. The molecule has 74 valence electrons.